The highest BCUT2D eigenvalue weighted by molar-refractivity contribution is 7.89. The normalized spacial score (nSPS) is 23.5. The molecule has 2 aliphatic rings. The summed E-state index contributed by atoms with van der Waals surface area (Å²) in [6.45, 7) is 0.274. The molecule has 2 atom stereocenters. The van der Waals surface area contributed by atoms with Crippen molar-refractivity contribution >= 4 is 33.6 Å². The van der Waals surface area contributed by atoms with E-state index in [4.69, 9.17) is 11.6 Å². The van der Waals surface area contributed by atoms with Crippen molar-refractivity contribution in [1.82, 2.24) is 14.5 Å². The van der Waals surface area contributed by atoms with Gasteiger partial charge in [-0.05, 0) is 25.0 Å². The molecule has 2 aliphatic heterocycles. The summed E-state index contributed by atoms with van der Waals surface area (Å²) in [6, 6.07) is 0.313. The van der Waals surface area contributed by atoms with Crippen LogP contribution in [0.2, 0.25) is 0 Å². The minimum absolute atomic E-state index is 0.0748. The predicted octanol–water partition coefficient (Wildman–Crippen LogP) is 1.28. The molecule has 1 N–H and O–H groups in total. The number of urea groups is 1. The molecule has 1 aromatic rings. The molecular weight excluding hydrogens is 392 g/mol. The largest absolute Gasteiger partial charge is 0.327 e. The van der Waals surface area contributed by atoms with Gasteiger partial charge in [0.2, 0.25) is 10.0 Å². The van der Waals surface area contributed by atoms with Crippen molar-refractivity contribution in [3.63, 3.8) is 0 Å². The number of halogens is 3. The van der Waals surface area contributed by atoms with Gasteiger partial charge in [-0.2, -0.15) is 0 Å². The number of nitrogens with zero attached hydrogens (tertiary/aromatic N) is 2. The number of piperidine rings is 1. The molecule has 0 saturated carbocycles. The molecule has 142 valence electrons. The van der Waals surface area contributed by atoms with Gasteiger partial charge >= 0.3 is 6.03 Å². The van der Waals surface area contributed by atoms with Gasteiger partial charge in [-0.25, -0.2) is 26.7 Å². The first-order valence-electron chi connectivity index (χ1n) is 7.90. The van der Waals surface area contributed by atoms with Crippen LogP contribution in [0.15, 0.2) is 23.1 Å². The lowest BCUT2D eigenvalue weighted by molar-refractivity contribution is -0.128. The van der Waals surface area contributed by atoms with Gasteiger partial charge in [0.1, 0.15) is 22.6 Å². The third-order valence-corrected chi connectivity index (χ3v) is 6.17. The Morgan fingerprint density at radius 1 is 1.27 bits per heavy atom. The molecule has 3 rings (SSSR count). The van der Waals surface area contributed by atoms with Crippen LogP contribution in [0.1, 0.15) is 12.8 Å². The zero-order valence-electron chi connectivity index (χ0n) is 13.5. The Hall–Kier alpha value is -1.78. The third-order valence-electron chi connectivity index (χ3n) is 4.44. The van der Waals surface area contributed by atoms with E-state index >= 15 is 0 Å². The Bertz CT molecular complexity index is 851. The average Bonchev–Trinajstić information content (AvgIpc) is 2.79. The van der Waals surface area contributed by atoms with Crippen molar-refractivity contribution in [2.75, 3.05) is 19.0 Å². The summed E-state index contributed by atoms with van der Waals surface area (Å²) in [5.74, 6) is -2.40. The summed E-state index contributed by atoms with van der Waals surface area (Å²) < 4.78 is 53.8. The zero-order valence-corrected chi connectivity index (χ0v) is 15.1. The van der Waals surface area contributed by atoms with E-state index in [1.165, 1.54) is 4.90 Å². The molecule has 2 heterocycles. The molecular formula is C15H16ClF2N3O4S. The molecule has 1 aromatic carbocycles. The zero-order chi connectivity index (χ0) is 19.1. The monoisotopic (exact) mass is 407 g/mol. The number of imide groups is 1. The second-order valence-corrected chi connectivity index (χ2v) is 8.15. The first kappa shape index (κ1) is 19.0. The average molecular weight is 408 g/mol. The maximum Gasteiger partial charge on any atom is 0.327 e. The quantitative estimate of drug-likeness (QED) is 0.588. The van der Waals surface area contributed by atoms with Crippen LogP contribution in [0.4, 0.5) is 13.6 Å². The second kappa shape index (κ2) is 7.09. The fourth-order valence-electron chi connectivity index (χ4n) is 3.23. The van der Waals surface area contributed by atoms with Crippen molar-refractivity contribution in [2.45, 2.75) is 29.8 Å². The van der Waals surface area contributed by atoms with E-state index in [-0.39, 0.29) is 31.8 Å². The van der Waals surface area contributed by atoms with Gasteiger partial charge in [0.25, 0.3) is 5.91 Å². The van der Waals surface area contributed by atoms with Crippen LogP contribution in [-0.4, -0.2) is 61.2 Å². The minimum Gasteiger partial charge on any atom is -0.312 e. The smallest absolute Gasteiger partial charge is 0.312 e. The Kier molecular flexibility index (Phi) is 5.18. The number of hydrogen-bond acceptors (Lipinski definition) is 4. The number of sulfonamides is 1. The number of nitrogens with one attached hydrogen (secondary N) is 1. The lowest BCUT2D eigenvalue weighted by atomic mass is 9.99. The SMILES string of the molecule is O=C1C2CC(NS(=O)(=O)c3ccc(F)cc3F)CCN2C(=O)N1CCCl. The standard InChI is InChI=1S/C15H16ClF2N3O4S/c16-4-6-21-14(22)12-8-10(3-5-20(12)15(21)23)19-26(24,25)13-2-1-9(17)7-11(13)18/h1-2,7,10,12,19H,3-6,8H2. The molecule has 2 unspecified atom stereocenters. The van der Waals surface area contributed by atoms with E-state index in [0.29, 0.717) is 6.07 Å². The van der Waals surface area contributed by atoms with Crippen molar-refractivity contribution in [2.24, 2.45) is 0 Å². The van der Waals surface area contributed by atoms with Crippen LogP contribution in [0.25, 0.3) is 0 Å². The lowest BCUT2D eigenvalue weighted by Gasteiger charge is -2.32. The van der Waals surface area contributed by atoms with Gasteiger partial charge in [-0.15, -0.1) is 11.6 Å². The molecule has 7 nitrogen and oxygen atoms in total. The Labute approximate surface area is 153 Å². The van der Waals surface area contributed by atoms with E-state index in [9.17, 15) is 26.8 Å². The maximum absolute atomic E-state index is 13.8. The van der Waals surface area contributed by atoms with Crippen LogP contribution in [0, 0.1) is 11.6 Å². The van der Waals surface area contributed by atoms with Crippen LogP contribution in [0.5, 0.6) is 0 Å². The van der Waals surface area contributed by atoms with Crippen molar-refractivity contribution in [3.8, 4) is 0 Å². The Morgan fingerprint density at radius 3 is 2.65 bits per heavy atom. The summed E-state index contributed by atoms with van der Waals surface area (Å²) in [7, 11) is -4.23. The molecule has 2 saturated heterocycles. The lowest BCUT2D eigenvalue weighted by Crippen LogP contribution is -2.49. The van der Waals surface area contributed by atoms with Gasteiger partial charge < -0.3 is 4.90 Å². The summed E-state index contributed by atoms with van der Waals surface area (Å²) >= 11 is 5.60. The first-order chi connectivity index (χ1) is 12.2. The van der Waals surface area contributed by atoms with Crippen LogP contribution in [-0.2, 0) is 14.8 Å². The van der Waals surface area contributed by atoms with Crippen LogP contribution in [0.3, 0.4) is 0 Å². The summed E-state index contributed by atoms with van der Waals surface area (Å²) in [6.07, 6.45) is 0.345. The van der Waals surface area contributed by atoms with Crippen LogP contribution >= 0.6 is 11.6 Å². The topological polar surface area (TPSA) is 86.8 Å². The summed E-state index contributed by atoms with van der Waals surface area (Å²) in [5.41, 5.74) is 0. The van der Waals surface area contributed by atoms with E-state index in [2.05, 4.69) is 4.72 Å². The van der Waals surface area contributed by atoms with Crippen molar-refractivity contribution in [3.05, 3.63) is 29.8 Å². The molecule has 3 amide bonds. The molecule has 0 radical (unpaired) electrons. The highest BCUT2D eigenvalue weighted by atomic mass is 35.5. The van der Waals surface area contributed by atoms with E-state index in [1.807, 2.05) is 0 Å². The Morgan fingerprint density at radius 2 is 2.00 bits per heavy atom. The van der Waals surface area contributed by atoms with Crippen molar-refractivity contribution < 1.29 is 26.8 Å². The van der Waals surface area contributed by atoms with E-state index in [0.717, 1.165) is 17.0 Å². The van der Waals surface area contributed by atoms with Gasteiger partial charge in [-0.1, -0.05) is 0 Å². The third kappa shape index (κ3) is 3.40. The Balaban J connectivity index is 1.75. The molecule has 26 heavy (non-hydrogen) atoms. The van der Waals surface area contributed by atoms with E-state index in [1.54, 1.807) is 0 Å². The van der Waals surface area contributed by atoms with Gasteiger partial charge in [0, 0.05) is 31.1 Å². The maximum atomic E-state index is 13.8. The summed E-state index contributed by atoms with van der Waals surface area (Å²) in [5, 5.41) is 0. The highest BCUT2D eigenvalue weighted by Crippen LogP contribution is 2.28. The summed E-state index contributed by atoms with van der Waals surface area (Å²) in [4.78, 5) is 26.3. The van der Waals surface area contributed by atoms with Gasteiger partial charge in [-0.3, -0.25) is 9.69 Å². The van der Waals surface area contributed by atoms with Gasteiger partial charge in [0.15, 0.2) is 0 Å². The number of carbonyl (C=O) groups excluding carboxylic acids is 2. The molecule has 11 heteroatoms. The fourth-order valence-corrected chi connectivity index (χ4v) is 4.74. The second-order valence-electron chi connectivity index (χ2n) is 6.09. The predicted molar refractivity (Wildman–Crippen MR) is 88.0 cm³/mol. The molecule has 2 fully saturated rings. The van der Waals surface area contributed by atoms with Gasteiger partial charge in [0.05, 0.1) is 0 Å². The number of amides is 3. The fraction of sp³-hybridized carbons (Fsp3) is 0.467. The molecule has 0 aliphatic carbocycles. The number of carbonyl (C=O) groups is 2. The molecule has 0 spiro atoms. The molecule has 0 bridgehead atoms. The number of rotatable bonds is 5. The first-order valence-corrected chi connectivity index (χ1v) is 9.91. The molecule has 0 aromatic heterocycles. The number of benzene rings is 1. The number of hydrogen-bond donors (Lipinski definition) is 1. The van der Waals surface area contributed by atoms with Crippen molar-refractivity contribution in [1.29, 1.82) is 0 Å². The van der Waals surface area contributed by atoms with E-state index < -0.39 is 50.6 Å². The number of alkyl halides is 1. The minimum atomic E-state index is -4.23. The number of fused-ring (bicyclic) bond motifs is 1. The highest BCUT2D eigenvalue weighted by Gasteiger charge is 2.48. The van der Waals surface area contributed by atoms with Crippen LogP contribution < -0.4 is 4.72 Å².